The highest BCUT2D eigenvalue weighted by atomic mass is 19.1. The summed E-state index contributed by atoms with van der Waals surface area (Å²) in [5, 5.41) is 9.04. The second-order valence-corrected chi connectivity index (χ2v) is 4.27. The normalized spacial score (nSPS) is 18.8. The molecule has 0 amide bonds. The van der Waals surface area contributed by atoms with Crippen LogP contribution in [0.4, 0.5) is 8.78 Å². The summed E-state index contributed by atoms with van der Waals surface area (Å²) >= 11 is 0. The zero-order chi connectivity index (χ0) is 12.6. The minimum atomic E-state index is -1.12. The minimum absolute atomic E-state index is 0.351. The predicted octanol–water partition coefficient (Wildman–Crippen LogP) is 2.10. The molecule has 1 aromatic rings. The van der Waals surface area contributed by atoms with E-state index >= 15 is 0 Å². The van der Waals surface area contributed by atoms with Crippen LogP contribution in [0.2, 0.25) is 0 Å². The number of halogens is 2. The molecular formula is C12H12F2O3. The summed E-state index contributed by atoms with van der Waals surface area (Å²) < 4.78 is 31.2. The SMILES string of the molecule is COC(C(=O)O)C1(c2cc(F)cc(F)c2)CC1. The Morgan fingerprint density at radius 3 is 2.24 bits per heavy atom. The molecule has 0 radical (unpaired) electrons. The Morgan fingerprint density at radius 2 is 1.88 bits per heavy atom. The summed E-state index contributed by atoms with van der Waals surface area (Å²) in [5.74, 6) is -2.52. The smallest absolute Gasteiger partial charge is 0.333 e. The van der Waals surface area contributed by atoms with Gasteiger partial charge >= 0.3 is 5.97 Å². The van der Waals surface area contributed by atoms with Crippen LogP contribution < -0.4 is 0 Å². The van der Waals surface area contributed by atoms with Crippen molar-refractivity contribution in [1.29, 1.82) is 0 Å². The molecular weight excluding hydrogens is 230 g/mol. The Balaban J connectivity index is 2.41. The fourth-order valence-corrected chi connectivity index (χ4v) is 2.24. The van der Waals surface area contributed by atoms with Crippen LogP contribution >= 0.6 is 0 Å². The van der Waals surface area contributed by atoms with E-state index in [2.05, 4.69) is 0 Å². The van der Waals surface area contributed by atoms with Gasteiger partial charge in [0.1, 0.15) is 11.6 Å². The highest BCUT2D eigenvalue weighted by molar-refractivity contribution is 5.76. The Labute approximate surface area is 97.0 Å². The Morgan fingerprint density at radius 1 is 1.35 bits per heavy atom. The summed E-state index contributed by atoms with van der Waals surface area (Å²) in [6, 6.07) is 3.11. The van der Waals surface area contributed by atoms with Gasteiger partial charge < -0.3 is 9.84 Å². The van der Waals surface area contributed by atoms with Gasteiger partial charge in [0.15, 0.2) is 6.10 Å². The van der Waals surface area contributed by atoms with Crippen molar-refractivity contribution in [1.82, 2.24) is 0 Å². The number of methoxy groups -OCH3 is 1. The van der Waals surface area contributed by atoms with Crippen molar-refractivity contribution in [3.05, 3.63) is 35.4 Å². The molecule has 1 aromatic carbocycles. The van der Waals surface area contributed by atoms with Crippen LogP contribution in [0.3, 0.4) is 0 Å². The third-order valence-electron chi connectivity index (χ3n) is 3.19. The largest absolute Gasteiger partial charge is 0.479 e. The van der Waals surface area contributed by atoms with Crippen molar-refractivity contribution < 1.29 is 23.4 Å². The Bertz CT molecular complexity index is 435. The molecule has 1 fully saturated rings. The molecule has 0 bridgehead atoms. The van der Waals surface area contributed by atoms with Gasteiger partial charge in [0.05, 0.1) is 0 Å². The van der Waals surface area contributed by atoms with Crippen LogP contribution in [0, 0.1) is 11.6 Å². The van der Waals surface area contributed by atoms with E-state index in [9.17, 15) is 13.6 Å². The van der Waals surface area contributed by atoms with Crippen molar-refractivity contribution in [2.75, 3.05) is 7.11 Å². The summed E-state index contributed by atoms with van der Waals surface area (Å²) in [4.78, 5) is 11.0. The molecule has 1 unspecified atom stereocenters. The monoisotopic (exact) mass is 242 g/mol. The fraction of sp³-hybridized carbons (Fsp3) is 0.417. The minimum Gasteiger partial charge on any atom is -0.479 e. The molecule has 1 saturated carbocycles. The topological polar surface area (TPSA) is 46.5 Å². The van der Waals surface area contributed by atoms with Crippen molar-refractivity contribution in [2.24, 2.45) is 0 Å². The first-order valence-corrected chi connectivity index (χ1v) is 5.22. The van der Waals surface area contributed by atoms with Crippen molar-refractivity contribution in [3.63, 3.8) is 0 Å². The lowest BCUT2D eigenvalue weighted by atomic mass is 9.89. The first-order valence-electron chi connectivity index (χ1n) is 5.22. The number of benzene rings is 1. The molecule has 0 saturated heterocycles. The maximum Gasteiger partial charge on any atom is 0.333 e. The number of ether oxygens (including phenoxy) is 1. The lowest BCUT2D eigenvalue weighted by Gasteiger charge is -2.22. The van der Waals surface area contributed by atoms with Crippen LogP contribution in [-0.4, -0.2) is 24.3 Å². The van der Waals surface area contributed by atoms with Gasteiger partial charge in [0.2, 0.25) is 0 Å². The first kappa shape index (κ1) is 12.0. The lowest BCUT2D eigenvalue weighted by Crippen LogP contribution is -2.36. The van der Waals surface area contributed by atoms with E-state index in [1.54, 1.807) is 0 Å². The van der Waals surface area contributed by atoms with Crippen LogP contribution in [0.15, 0.2) is 18.2 Å². The fourth-order valence-electron chi connectivity index (χ4n) is 2.24. The predicted molar refractivity (Wildman–Crippen MR) is 55.7 cm³/mol. The summed E-state index contributed by atoms with van der Waals surface area (Å²) in [7, 11) is 1.29. The maximum atomic E-state index is 13.1. The molecule has 0 aromatic heterocycles. The van der Waals surface area contributed by atoms with Crippen molar-refractivity contribution in [2.45, 2.75) is 24.4 Å². The number of hydrogen-bond donors (Lipinski definition) is 1. The van der Waals surface area contributed by atoms with E-state index in [1.165, 1.54) is 19.2 Å². The maximum absolute atomic E-state index is 13.1. The second kappa shape index (κ2) is 4.07. The van der Waals surface area contributed by atoms with Crippen LogP contribution in [0.25, 0.3) is 0 Å². The molecule has 0 heterocycles. The van der Waals surface area contributed by atoms with E-state index < -0.39 is 29.1 Å². The zero-order valence-electron chi connectivity index (χ0n) is 9.24. The molecule has 0 spiro atoms. The number of carbonyl (C=O) groups is 1. The molecule has 0 aliphatic heterocycles. The highest BCUT2D eigenvalue weighted by Crippen LogP contribution is 2.52. The number of hydrogen-bond acceptors (Lipinski definition) is 2. The average Bonchev–Trinajstić information content (AvgIpc) is 2.98. The van der Waals surface area contributed by atoms with E-state index in [1.807, 2.05) is 0 Å². The van der Waals surface area contributed by atoms with Gasteiger partial charge in [-0.3, -0.25) is 0 Å². The van der Waals surface area contributed by atoms with Crippen LogP contribution in [0.5, 0.6) is 0 Å². The number of carboxylic acids is 1. The number of rotatable bonds is 4. The zero-order valence-corrected chi connectivity index (χ0v) is 9.24. The standard InChI is InChI=1S/C12H12F2O3/c1-17-10(11(15)16)12(2-3-12)7-4-8(13)6-9(14)5-7/h4-6,10H,2-3H2,1H3,(H,15,16). The summed E-state index contributed by atoms with van der Waals surface area (Å²) in [5.41, 5.74) is -0.437. The molecule has 92 valence electrons. The van der Waals surface area contributed by atoms with Gasteiger partial charge in [-0.15, -0.1) is 0 Å². The third kappa shape index (κ3) is 2.02. The van der Waals surface area contributed by atoms with Gasteiger partial charge in [-0.05, 0) is 30.5 Å². The highest BCUT2D eigenvalue weighted by Gasteiger charge is 2.54. The second-order valence-electron chi connectivity index (χ2n) is 4.27. The average molecular weight is 242 g/mol. The van der Waals surface area contributed by atoms with Crippen molar-refractivity contribution in [3.8, 4) is 0 Å². The van der Waals surface area contributed by atoms with Gasteiger partial charge in [0.25, 0.3) is 0 Å². The Kier molecular flexibility index (Phi) is 2.87. The summed E-state index contributed by atoms with van der Waals surface area (Å²) in [6.07, 6.45) is 0.0465. The summed E-state index contributed by atoms with van der Waals surface area (Å²) in [6.45, 7) is 0. The Hall–Kier alpha value is -1.49. The molecule has 1 aliphatic carbocycles. The van der Waals surface area contributed by atoms with Crippen molar-refractivity contribution >= 4 is 5.97 Å². The van der Waals surface area contributed by atoms with E-state index in [4.69, 9.17) is 9.84 Å². The molecule has 1 aliphatic rings. The number of carboxylic acid groups (broad SMARTS) is 1. The van der Waals surface area contributed by atoms with Crippen LogP contribution in [0.1, 0.15) is 18.4 Å². The molecule has 1 atom stereocenters. The van der Waals surface area contributed by atoms with Gasteiger partial charge in [-0.25, -0.2) is 13.6 Å². The quantitative estimate of drug-likeness (QED) is 0.879. The molecule has 1 N–H and O–H groups in total. The van der Waals surface area contributed by atoms with Gasteiger partial charge in [0, 0.05) is 18.6 Å². The third-order valence-corrected chi connectivity index (χ3v) is 3.19. The molecule has 5 heteroatoms. The van der Waals surface area contributed by atoms with Crippen LogP contribution in [-0.2, 0) is 14.9 Å². The molecule has 3 nitrogen and oxygen atoms in total. The van der Waals surface area contributed by atoms with E-state index in [-0.39, 0.29) is 0 Å². The first-order chi connectivity index (χ1) is 7.99. The molecule has 17 heavy (non-hydrogen) atoms. The molecule has 2 rings (SSSR count). The van der Waals surface area contributed by atoms with Gasteiger partial charge in [-0.2, -0.15) is 0 Å². The lowest BCUT2D eigenvalue weighted by molar-refractivity contribution is -0.150. The van der Waals surface area contributed by atoms with E-state index in [0.29, 0.717) is 18.4 Å². The van der Waals surface area contributed by atoms with E-state index in [0.717, 1.165) is 6.07 Å². The van der Waals surface area contributed by atoms with Gasteiger partial charge in [-0.1, -0.05) is 0 Å². The number of aliphatic carboxylic acids is 1.